The third-order valence-electron chi connectivity index (χ3n) is 1.16. The smallest absolute Gasteiger partial charge is 0.199 e. The second kappa shape index (κ2) is 2.19. The molecule has 2 aromatic rings. The Bertz CT molecular complexity index is 357. The predicted molar refractivity (Wildman–Crippen MR) is 44.5 cm³/mol. The van der Waals surface area contributed by atoms with Crippen molar-refractivity contribution in [1.29, 1.82) is 0 Å². The molecule has 3 nitrogen and oxygen atoms in total. The van der Waals surface area contributed by atoms with Crippen molar-refractivity contribution in [2.75, 3.05) is 0 Å². The summed E-state index contributed by atoms with van der Waals surface area (Å²) >= 11 is 2.13. The van der Waals surface area contributed by atoms with Gasteiger partial charge in [-0.2, -0.15) is 4.98 Å². The molecule has 0 N–H and O–H groups in total. The van der Waals surface area contributed by atoms with Crippen LogP contribution in [0, 0.1) is 3.70 Å². The summed E-state index contributed by atoms with van der Waals surface area (Å²) in [6, 6.07) is 3.74. The molecule has 0 aliphatic rings. The predicted octanol–water partition coefficient (Wildman–Crippen LogP) is 1.83. The summed E-state index contributed by atoms with van der Waals surface area (Å²) in [4.78, 5) is 8.01. The number of hydrogen-bond donors (Lipinski definition) is 0. The van der Waals surface area contributed by atoms with Gasteiger partial charge < -0.3 is 4.42 Å². The SMILES string of the molecule is Ic1ccc2ocnc2n1. The van der Waals surface area contributed by atoms with E-state index in [9.17, 15) is 0 Å². The maximum Gasteiger partial charge on any atom is 0.199 e. The van der Waals surface area contributed by atoms with Crippen LogP contribution in [0.5, 0.6) is 0 Å². The quantitative estimate of drug-likeness (QED) is 0.525. The summed E-state index contributed by atoms with van der Waals surface area (Å²) in [5.74, 6) is 0. The number of halogens is 1. The first-order chi connectivity index (χ1) is 4.86. The van der Waals surface area contributed by atoms with Gasteiger partial charge in [-0.15, -0.1) is 0 Å². The number of hydrogen-bond acceptors (Lipinski definition) is 3. The van der Waals surface area contributed by atoms with E-state index in [1.807, 2.05) is 12.1 Å². The van der Waals surface area contributed by atoms with Gasteiger partial charge in [0, 0.05) is 0 Å². The molecule has 0 amide bonds. The van der Waals surface area contributed by atoms with Gasteiger partial charge >= 0.3 is 0 Å². The van der Waals surface area contributed by atoms with Crippen molar-refractivity contribution in [3.63, 3.8) is 0 Å². The molecular weight excluding hydrogens is 243 g/mol. The fourth-order valence-electron chi connectivity index (χ4n) is 0.730. The highest BCUT2D eigenvalue weighted by atomic mass is 127. The molecule has 2 heterocycles. The lowest BCUT2D eigenvalue weighted by molar-refractivity contribution is 0.602. The van der Waals surface area contributed by atoms with Crippen LogP contribution in [0.2, 0.25) is 0 Å². The summed E-state index contributed by atoms with van der Waals surface area (Å²) in [6.45, 7) is 0. The molecule has 0 aromatic carbocycles. The lowest BCUT2D eigenvalue weighted by atomic mass is 10.5. The molecule has 0 unspecified atom stereocenters. The summed E-state index contributed by atoms with van der Waals surface area (Å²) in [6.07, 6.45) is 1.40. The Morgan fingerprint density at radius 1 is 1.40 bits per heavy atom. The molecule has 10 heavy (non-hydrogen) atoms. The van der Waals surface area contributed by atoms with Crippen molar-refractivity contribution >= 4 is 33.8 Å². The van der Waals surface area contributed by atoms with E-state index >= 15 is 0 Å². The molecular formula is C6H3IN2O. The Morgan fingerprint density at radius 3 is 3.20 bits per heavy atom. The zero-order valence-corrected chi connectivity index (χ0v) is 7.07. The molecule has 0 atom stereocenters. The van der Waals surface area contributed by atoms with Crippen LogP contribution in [0.15, 0.2) is 22.9 Å². The average Bonchev–Trinajstić information content (AvgIpc) is 2.33. The topological polar surface area (TPSA) is 38.9 Å². The highest BCUT2D eigenvalue weighted by molar-refractivity contribution is 14.1. The zero-order valence-electron chi connectivity index (χ0n) is 4.91. The van der Waals surface area contributed by atoms with Crippen molar-refractivity contribution < 1.29 is 4.42 Å². The van der Waals surface area contributed by atoms with Gasteiger partial charge in [0.2, 0.25) is 0 Å². The van der Waals surface area contributed by atoms with Gasteiger partial charge in [0.25, 0.3) is 0 Å². The van der Waals surface area contributed by atoms with Gasteiger partial charge in [-0.3, -0.25) is 0 Å². The van der Waals surface area contributed by atoms with E-state index in [0.717, 1.165) is 9.28 Å². The summed E-state index contributed by atoms with van der Waals surface area (Å²) < 4.78 is 5.93. The Morgan fingerprint density at radius 2 is 2.30 bits per heavy atom. The number of pyridine rings is 1. The van der Waals surface area contributed by atoms with Gasteiger partial charge in [0.15, 0.2) is 17.6 Å². The molecule has 0 fully saturated rings. The molecule has 2 rings (SSSR count). The van der Waals surface area contributed by atoms with Crippen LogP contribution >= 0.6 is 22.6 Å². The molecule has 0 bridgehead atoms. The minimum absolute atomic E-state index is 0.673. The van der Waals surface area contributed by atoms with Crippen molar-refractivity contribution in [3.8, 4) is 0 Å². The second-order valence-corrected chi connectivity index (χ2v) is 2.91. The van der Waals surface area contributed by atoms with E-state index in [-0.39, 0.29) is 0 Å². The third kappa shape index (κ3) is 0.880. The minimum atomic E-state index is 0.673. The van der Waals surface area contributed by atoms with E-state index in [0.29, 0.717) is 5.65 Å². The van der Waals surface area contributed by atoms with Gasteiger partial charge in [-0.1, -0.05) is 0 Å². The van der Waals surface area contributed by atoms with Gasteiger partial charge in [-0.05, 0) is 34.7 Å². The molecule has 50 valence electrons. The number of fused-ring (bicyclic) bond motifs is 1. The summed E-state index contributed by atoms with van der Waals surface area (Å²) in [5.41, 5.74) is 1.41. The maximum atomic E-state index is 5.00. The first kappa shape index (κ1) is 6.09. The van der Waals surface area contributed by atoms with Crippen LogP contribution in [0.1, 0.15) is 0 Å². The first-order valence-electron chi connectivity index (χ1n) is 2.72. The number of nitrogens with zero attached hydrogens (tertiary/aromatic N) is 2. The maximum absolute atomic E-state index is 5.00. The van der Waals surface area contributed by atoms with E-state index in [1.165, 1.54) is 6.39 Å². The van der Waals surface area contributed by atoms with Crippen LogP contribution in [-0.4, -0.2) is 9.97 Å². The number of aromatic nitrogens is 2. The van der Waals surface area contributed by atoms with Crippen LogP contribution < -0.4 is 0 Å². The molecule has 4 heteroatoms. The van der Waals surface area contributed by atoms with Crippen LogP contribution in [0.4, 0.5) is 0 Å². The van der Waals surface area contributed by atoms with Crippen molar-refractivity contribution in [2.24, 2.45) is 0 Å². The number of oxazole rings is 1. The van der Waals surface area contributed by atoms with Gasteiger partial charge in [0.1, 0.15) is 3.70 Å². The van der Waals surface area contributed by atoms with E-state index in [4.69, 9.17) is 4.42 Å². The largest absolute Gasteiger partial charge is 0.442 e. The van der Waals surface area contributed by atoms with Crippen LogP contribution in [0.25, 0.3) is 11.2 Å². The third-order valence-corrected chi connectivity index (χ3v) is 1.76. The molecule has 0 radical (unpaired) electrons. The molecule has 0 spiro atoms. The van der Waals surface area contributed by atoms with Crippen molar-refractivity contribution in [3.05, 3.63) is 22.2 Å². The van der Waals surface area contributed by atoms with Crippen LogP contribution in [-0.2, 0) is 0 Å². The van der Waals surface area contributed by atoms with Gasteiger partial charge in [-0.25, -0.2) is 4.98 Å². The average molecular weight is 246 g/mol. The lowest BCUT2D eigenvalue weighted by Gasteiger charge is -1.85. The Balaban J connectivity index is 2.86. The number of rotatable bonds is 0. The summed E-state index contributed by atoms with van der Waals surface area (Å²) in [7, 11) is 0. The Kier molecular flexibility index (Phi) is 1.33. The Labute approximate surface area is 70.6 Å². The van der Waals surface area contributed by atoms with E-state index < -0.39 is 0 Å². The highest BCUT2D eigenvalue weighted by Crippen LogP contribution is 2.10. The molecule has 0 saturated carbocycles. The second-order valence-electron chi connectivity index (χ2n) is 1.81. The molecule has 0 saturated heterocycles. The van der Waals surface area contributed by atoms with Crippen molar-refractivity contribution in [2.45, 2.75) is 0 Å². The summed E-state index contributed by atoms with van der Waals surface area (Å²) in [5, 5.41) is 0. The molecule has 0 aliphatic heterocycles. The molecule has 2 aromatic heterocycles. The zero-order chi connectivity index (χ0) is 6.97. The minimum Gasteiger partial charge on any atom is -0.442 e. The van der Waals surface area contributed by atoms with Crippen LogP contribution in [0.3, 0.4) is 0 Å². The Hall–Kier alpha value is -0.650. The van der Waals surface area contributed by atoms with E-state index in [1.54, 1.807) is 0 Å². The first-order valence-corrected chi connectivity index (χ1v) is 3.80. The standard InChI is InChI=1S/C6H3IN2O/c7-5-2-1-4-6(9-5)8-3-10-4/h1-3H. The van der Waals surface area contributed by atoms with Gasteiger partial charge in [0.05, 0.1) is 0 Å². The fraction of sp³-hybridized carbons (Fsp3) is 0. The fourth-order valence-corrected chi connectivity index (χ4v) is 1.14. The molecule has 0 aliphatic carbocycles. The highest BCUT2D eigenvalue weighted by Gasteiger charge is 1.97. The lowest BCUT2D eigenvalue weighted by Crippen LogP contribution is -1.78. The van der Waals surface area contributed by atoms with E-state index in [2.05, 4.69) is 32.6 Å². The monoisotopic (exact) mass is 246 g/mol. The normalized spacial score (nSPS) is 10.5. The van der Waals surface area contributed by atoms with Crippen molar-refractivity contribution in [1.82, 2.24) is 9.97 Å².